The molecule has 158 valence electrons. The lowest BCUT2D eigenvalue weighted by molar-refractivity contribution is -0.386. The fourth-order valence-electron chi connectivity index (χ4n) is 2.67. The van der Waals surface area contributed by atoms with Gasteiger partial charge in [0.05, 0.1) is 36.9 Å². The molecular weight excluding hydrogens is 382 g/mol. The van der Waals surface area contributed by atoms with E-state index in [-0.39, 0.29) is 42.6 Å². The van der Waals surface area contributed by atoms with E-state index in [1.807, 2.05) is 0 Å². The molecule has 1 unspecified atom stereocenters. The number of terminal acetylenes is 1. The normalized spacial score (nSPS) is 18.2. The first-order chi connectivity index (χ1) is 13.5. The summed E-state index contributed by atoms with van der Waals surface area (Å²) in [5.41, 5.74) is -1.14. The Kier molecular flexibility index (Phi) is 6.72. The van der Waals surface area contributed by atoms with Crippen LogP contribution in [-0.2, 0) is 19.0 Å². The van der Waals surface area contributed by atoms with Crippen molar-refractivity contribution < 1.29 is 33.4 Å². The molecule has 1 aliphatic rings. The van der Waals surface area contributed by atoms with Gasteiger partial charge in [0, 0.05) is 0 Å². The van der Waals surface area contributed by atoms with Crippen LogP contribution in [-0.4, -0.2) is 43.6 Å². The van der Waals surface area contributed by atoms with E-state index in [1.165, 1.54) is 19.2 Å². The molecule has 0 bridgehead atoms. The van der Waals surface area contributed by atoms with Crippen LogP contribution in [0, 0.1) is 27.9 Å². The molecule has 0 spiro atoms. The van der Waals surface area contributed by atoms with Crippen LogP contribution < -0.4 is 9.47 Å². The topological polar surface area (TPSA) is 106 Å². The first-order valence-electron chi connectivity index (χ1n) is 8.94. The third-order valence-electron chi connectivity index (χ3n) is 4.51. The van der Waals surface area contributed by atoms with Crippen LogP contribution in [0.25, 0.3) is 0 Å². The van der Waals surface area contributed by atoms with Gasteiger partial charge in [-0.3, -0.25) is 14.9 Å². The van der Waals surface area contributed by atoms with Crippen molar-refractivity contribution in [2.45, 2.75) is 39.6 Å². The van der Waals surface area contributed by atoms with Crippen LogP contribution in [0.1, 0.15) is 39.4 Å². The van der Waals surface area contributed by atoms with Crippen molar-refractivity contribution in [2.75, 3.05) is 26.9 Å². The molecule has 1 heterocycles. The van der Waals surface area contributed by atoms with E-state index >= 15 is 0 Å². The zero-order valence-electron chi connectivity index (χ0n) is 17.1. The maximum Gasteiger partial charge on any atom is 0.317 e. The minimum atomic E-state index is -1.03. The maximum atomic E-state index is 12.7. The molecular formula is C20H25NO8. The van der Waals surface area contributed by atoms with Gasteiger partial charge >= 0.3 is 5.97 Å². The van der Waals surface area contributed by atoms with Gasteiger partial charge in [-0.2, -0.15) is 0 Å². The highest BCUT2D eigenvalue weighted by Gasteiger charge is 2.44. The van der Waals surface area contributed by atoms with Gasteiger partial charge in [0.25, 0.3) is 5.69 Å². The number of nitrogens with zero attached hydrogens (tertiary/aromatic N) is 1. The minimum absolute atomic E-state index is 0.0773. The Morgan fingerprint density at radius 1 is 1.31 bits per heavy atom. The molecule has 9 heteroatoms. The van der Waals surface area contributed by atoms with E-state index < -0.39 is 28.2 Å². The molecule has 0 N–H and O–H groups in total. The lowest BCUT2D eigenvalue weighted by Gasteiger charge is -2.40. The molecule has 0 aliphatic carbocycles. The number of hydrogen-bond acceptors (Lipinski definition) is 8. The highest BCUT2D eigenvalue weighted by atomic mass is 16.7. The second-order valence-corrected chi connectivity index (χ2v) is 7.40. The number of carbonyl (C=O) groups is 1. The minimum Gasteiger partial charge on any atom is -0.493 e. The first kappa shape index (κ1) is 22.5. The Balaban J connectivity index is 2.27. The van der Waals surface area contributed by atoms with E-state index in [0.717, 1.165) is 0 Å². The van der Waals surface area contributed by atoms with Crippen molar-refractivity contribution in [1.29, 1.82) is 0 Å². The zero-order chi connectivity index (χ0) is 21.8. The summed E-state index contributed by atoms with van der Waals surface area (Å²) in [6.07, 6.45) is 4.25. The summed E-state index contributed by atoms with van der Waals surface area (Å²) in [5.74, 6) is 1.28. The highest BCUT2D eigenvalue weighted by molar-refractivity contribution is 5.77. The number of hydrogen-bond donors (Lipinski definition) is 0. The van der Waals surface area contributed by atoms with E-state index in [2.05, 4.69) is 5.92 Å². The fourth-order valence-corrected chi connectivity index (χ4v) is 2.67. The molecule has 1 fully saturated rings. The molecule has 2 rings (SSSR count). The molecule has 9 nitrogen and oxygen atoms in total. The summed E-state index contributed by atoms with van der Waals surface area (Å²) in [7, 11) is 1.39. The third kappa shape index (κ3) is 5.16. The molecule has 1 aromatic rings. The molecule has 29 heavy (non-hydrogen) atoms. The van der Waals surface area contributed by atoms with E-state index in [0.29, 0.717) is 0 Å². The van der Waals surface area contributed by atoms with Crippen LogP contribution in [0.2, 0.25) is 0 Å². The van der Waals surface area contributed by atoms with E-state index in [9.17, 15) is 14.9 Å². The monoisotopic (exact) mass is 407 g/mol. The van der Waals surface area contributed by atoms with E-state index in [4.69, 9.17) is 30.1 Å². The Labute approximate surface area is 169 Å². The summed E-state index contributed by atoms with van der Waals surface area (Å²) in [6.45, 7) is 6.83. The molecule has 0 saturated carbocycles. The number of nitro groups is 1. The smallest absolute Gasteiger partial charge is 0.317 e. The lowest BCUT2D eigenvalue weighted by atomic mass is 9.91. The predicted molar refractivity (Wildman–Crippen MR) is 103 cm³/mol. The third-order valence-corrected chi connectivity index (χ3v) is 4.51. The van der Waals surface area contributed by atoms with Crippen molar-refractivity contribution in [3.63, 3.8) is 0 Å². The molecule has 0 aromatic heterocycles. The van der Waals surface area contributed by atoms with Crippen molar-refractivity contribution in [3.8, 4) is 23.8 Å². The van der Waals surface area contributed by atoms with Crippen LogP contribution in [0.15, 0.2) is 12.1 Å². The van der Waals surface area contributed by atoms with Crippen molar-refractivity contribution in [3.05, 3.63) is 27.8 Å². The number of rotatable bonds is 7. The Bertz CT molecular complexity index is 817. The van der Waals surface area contributed by atoms with Gasteiger partial charge in [-0.25, -0.2) is 0 Å². The Morgan fingerprint density at radius 2 is 1.93 bits per heavy atom. The van der Waals surface area contributed by atoms with Gasteiger partial charge in [0.15, 0.2) is 17.3 Å². The van der Waals surface area contributed by atoms with Crippen molar-refractivity contribution in [1.82, 2.24) is 0 Å². The summed E-state index contributed by atoms with van der Waals surface area (Å²) >= 11 is 0. The zero-order valence-corrected chi connectivity index (χ0v) is 17.1. The number of carbonyl (C=O) groups excluding carboxylic acids is 1. The number of ether oxygens (including phenoxy) is 5. The standard InChI is InChI=1S/C20H25NO8/c1-7-8-26-17-10-15(21(23)24)14(9-16(17)25-6)13(2)29-18(22)20(5)11-27-19(3,4)28-12-20/h1,9-10,13H,8,11-12H2,2-6H3. The van der Waals surface area contributed by atoms with Gasteiger partial charge in [-0.1, -0.05) is 5.92 Å². The van der Waals surface area contributed by atoms with Gasteiger partial charge in [0.1, 0.15) is 18.1 Å². The summed E-state index contributed by atoms with van der Waals surface area (Å²) < 4.78 is 27.2. The van der Waals surface area contributed by atoms with Crippen LogP contribution in [0.4, 0.5) is 5.69 Å². The maximum absolute atomic E-state index is 12.7. The molecule has 0 radical (unpaired) electrons. The molecule has 1 aliphatic heterocycles. The molecule has 1 saturated heterocycles. The van der Waals surface area contributed by atoms with Crippen LogP contribution in [0.5, 0.6) is 11.5 Å². The number of esters is 1. The second-order valence-electron chi connectivity index (χ2n) is 7.40. The van der Waals surface area contributed by atoms with Gasteiger partial charge in [0.2, 0.25) is 0 Å². The Hall–Kier alpha value is -2.83. The first-order valence-corrected chi connectivity index (χ1v) is 8.94. The van der Waals surface area contributed by atoms with Gasteiger partial charge in [-0.05, 0) is 33.8 Å². The van der Waals surface area contributed by atoms with E-state index in [1.54, 1.807) is 27.7 Å². The van der Waals surface area contributed by atoms with Crippen LogP contribution >= 0.6 is 0 Å². The predicted octanol–water partition coefficient (Wildman–Crippen LogP) is 3.01. The van der Waals surface area contributed by atoms with Crippen molar-refractivity contribution >= 4 is 11.7 Å². The fraction of sp³-hybridized carbons (Fsp3) is 0.550. The molecule has 0 amide bonds. The van der Waals surface area contributed by atoms with Crippen molar-refractivity contribution in [2.24, 2.45) is 5.41 Å². The summed E-state index contributed by atoms with van der Waals surface area (Å²) in [5, 5.41) is 11.6. The summed E-state index contributed by atoms with van der Waals surface area (Å²) in [6, 6.07) is 2.61. The SMILES string of the molecule is C#CCOc1cc([N+](=O)[O-])c(C(C)OC(=O)C2(C)COC(C)(C)OC2)cc1OC. The highest BCUT2D eigenvalue weighted by Crippen LogP contribution is 2.39. The molecule has 1 atom stereocenters. The average Bonchev–Trinajstić information content (AvgIpc) is 2.67. The lowest BCUT2D eigenvalue weighted by Crippen LogP contribution is -2.49. The second kappa shape index (κ2) is 8.68. The summed E-state index contributed by atoms with van der Waals surface area (Å²) in [4.78, 5) is 23.7. The average molecular weight is 407 g/mol. The number of benzene rings is 1. The van der Waals surface area contributed by atoms with Crippen LogP contribution in [0.3, 0.4) is 0 Å². The number of methoxy groups -OCH3 is 1. The number of nitro benzene ring substituents is 1. The Morgan fingerprint density at radius 3 is 2.45 bits per heavy atom. The quantitative estimate of drug-likeness (QED) is 0.294. The molecule has 1 aromatic carbocycles. The van der Waals surface area contributed by atoms with Gasteiger partial charge < -0.3 is 23.7 Å². The van der Waals surface area contributed by atoms with Gasteiger partial charge in [-0.15, -0.1) is 6.42 Å². The largest absolute Gasteiger partial charge is 0.493 e.